The van der Waals surface area contributed by atoms with E-state index in [1.807, 2.05) is 37.5 Å². The highest BCUT2D eigenvalue weighted by Gasteiger charge is 2.24. The average Bonchev–Trinajstić information content (AvgIpc) is 3.48. The van der Waals surface area contributed by atoms with Gasteiger partial charge in [-0.15, -0.1) is 0 Å². The second-order valence-corrected chi connectivity index (χ2v) is 7.86. The fourth-order valence-corrected chi connectivity index (χ4v) is 4.19. The molecule has 164 valence electrons. The second-order valence-electron chi connectivity index (χ2n) is 7.86. The summed E-state index contributed by atoms with van der Waals surface area (Å²) >= 11 is 0. The fraction of sp³-hybridized carbons (Fsp3) is 0.417. The first-order valence-electron chi connectivity index (χ1n) is 11.0. The highest BCUT2D eigenvalue weighted by atomic mass is 16.5. The lowest BCUT2D eigenvalue weighted by atomic mass is 10.1. The summed E-state index contributed by atoms with van der Waals surface area (Å²) in [6, 6.07) is 14.7. The number of rotatable bonds is 8. The minimum Gasteiger partial charge on any atom is -0.497 e. The smallest absolute Gasteiger partial charge is 0.191 e. The lowest BCUT2D eigenvalue weighted by molar-refractivity contribution is 0.245. The van der Waals surface area contributed by atoms with E-state index in [0.29, 0.717) is 0 Å². The maximum absolute atomic E-state index is 5.45. The molecule has 1 saturated heterocycles. The van der Waals surface area contributed by atoms with E-state index in [1.165, 1.54) is 18.4 Å². The zero-order valence-electron chi connectivity index (χ0n) is 18.4. The van der Waals surface area contributed by atoms with Crippen LogP contribution in [-0.2, 0) is 6.42 Å². The number of methoxy groups -OCH3 is 1. The lowest BCUT2D eigenvalue weighted by Crippen LogP contribution is -2.43. The Morgan fingerprint density at radius 3 is 2.81 bits per heavy atom. The first-order valence-corrected chi connectivity index (χ1v) is 11.0. The van der Waals surface area contributed by atoms with Crippen molar-refractivity contribution in [2.24, 2.45) is 4.99 Å². The van der Waals surface area contributed by atoms with Crippen LogP contribution < -0.4 is 15.4 Å². The van der Waals surface area contributed by atoms with Crippen LogP contribution in [0.2, 0.25) is 0 Å². The molecule has 1 aliphatic rings. The zero-order valence-corrected chi connectivity index (χ0v) is 18.4. The molecular formula is C24H32N6O. The molecule has 2 aromatic heterocycles. The van der Waals surface area contributed by atoms with Crippen LogP contribution in [0.4, 0.5) is 0 Å². The average molecular weight is 421 g/mol. The van der Waals surface area contributed by atoms with Gasteiger partial charge < -0.3 is 19.8 Å². The van der Waals surface area contributed by atoms with Crippen LogP contribution in [0.25, 0.3) is 5.65 Å². The molecule has 0 bridgehead atoms. The molecule has 0 amide bonds. The molecular weight excluding hydrogens is 388 g/mol. The standard InChI is InChI=1S/C24H32N6O/c1-25-24(26-12-11-20-18-30-15-4-3-10-23(30)28-20)27-17-22(29-13-5-6-14-29)19-8-7-9-21(16-19)31-2/h3-4,7-10,15-16,18,22H,5-6,11-14,17H2,1-2H3,(H2,25,26,27). The topological polar surface area (TPSA) is 66.2 Å². The molecule has 7 heteroatoms. The molecule has 31 heavy (non-hydrogen) atoms. The van der Waals surface area contributed by atoms with Gasteiger partial charge in [-0.25, -0.2) is 4.98 Å². The van der Waals surface area contributed by atoms with Gasteiger partial charge in [0.25, 0.3) is 0 Å². The van der Waals surface area contributed by atoms with Crippen molar-refractivity contribution in [1.29, 1.82) is 0 Å². The van der Waals surface area contributed by atoms with Crippen molar-refractivity contribution < 1.29 is 4.74 Å². The van der Waals surface area contributed by atoms with Crippen molar-refractivity contribution in [2.45, 2.75) is 25.3 Å². The van der Waals surface area contributed by atoms with Gasteiger partial charge in [0.1, 0.15) is 11.4 Å². The van der Waals surface area contributed by atoms with Crippen LogP contribution in [0, 0.1) is 0 Å². The van der Waals surface area contributed by atoms with Gasteiger partial charge in [0.05, 0.1) is 18.8 Å². The number of hydrogen-bond donors (Lipinski definition) is 2. The number of benzene rings is 1. The van der Waals surface area contributed by atoms with Crippen LogP contribution in [0.15, 0.2) is 59.9 Å². The summed E-state index contributed by atoms with van der Waals surface area (Å²) in [6.07, 6.45) is 7.46. The largest absolute Gasteiger partial charge is 0.497 e. The highest BCUT2D eigenvalue weighted by Crippen LogP contribution is 2.27. The SMILES string of the molecule is CN=C(NCCc1cn2ccccc2n1)NCC(c1cccc(OC)c1)N1CCCC1. The van der Waals surface area contributed by atoms with E-state index in [9.17, 15) is 0 Å². The van der Waals surface area contributed by atoms with Crippen molar-refractivity contribution in [3.05, 3.63) is 66.1 Å². The fourth-order valence-electron chi connectivity index (χ4n) is 4.19. The van der Waals surface area contributed by atoms with E-state index < -0.39 is 0 Å². The van der Waals surface area contributed by atoms with Gasteiger partial charge in [0.15, 0.2) is 5.96 Å². The van der Waals surface area contributed by atoms with Gasteiger partial charge in [-0.1, -0.05) is 18.2 Å². The van der Waals surface area contributed by atoms with Crippen LogP contribution >= 0.6 is 0 Å². The summed E-state index contributed by atoms with van der Waals surface area (Å²) in [5.74, 6) is 1.72. The molecule has 1 atom stereocenters. The summed E-state index contributed by atoms with van der Waals surface area (Å²) in [4.78, 5) is 11.6. The normalized spacial score (nSPS) is 15.9. The first-order chi connectivity index (χ1) is 15.3. The Labute approximate surface area is 184 Å². The van der Waals surface area contributed by atoms with Gasteiger partial charge in [-0.2, -0.15) is 0 Å². The Balaban J connectivity index is 1.34. The van der Waals surface area contributed by atoms with Crippen molar-refractivity contribution in [3.8, 4) is 5.75 Å². The number of ether oxygens (including phenoxy) is 1. The Hall–Kier alpha value is -3.06. The first kappa shape index (κ1) is 21.2. The van der Waals surface area contributed by atoms with E-state index in [1.54, 1.807) is 7.11 Å². The summed E-state index contributed by atoms with van der Waals surface area (Å²) in [7, 11) is 3.54. The molecule has 0 spiro atoms. The molecule has 1 aliphatic heterocycles. The zero-order chi connectivity index (χ0) is 21.5. The van der Waals surface area contributed by atoms with Gasteiger partial charge in [0.2, 0.25) is 0 Å². The van der Waals surface area contributed by atoms with E-state index in [2.05, 4.69) is 54.3 Å². The molecule has 7 nitrogen and oxygen atoms in total. The number of nitrogens with zero attached hydrogens (tertiary/aromatic N) is 4. The number of fused-ring (bicyclic) bond motifs is 1. The molecule has 1 aromatic carbocycles. The Morgan fingerprint density at radius 2 is 2.03 bits per heavy atom. The number of nitrogens with one attached hydrogen (secondary N) is 2. The third-order valence-electron chi connectivity index (χ3n) is 5.83. The van der Waals surface area contributed by atoms with Crippen LogP contribution in [0.5, 0.6) is 5.75 Å². The van der Waals surface area contributed by atoms with Crippen molar-refractivity contribution in [1.82, 2.24) is 24.9 Å². The molecule has 1 unspecified atom stereocenters. The molecule has 0 radical (unpaired) electrons. The highest BCUT2D eigenvalue weighted by molar-refractivity contribution is 5.79. The maximum atomic E-state index is 5.45. The molecule has 3 aromatic rings. The molecule has 1 fully saturated rings. The monoisotopic (exact) mass is 420 g/mol. The molecule has 0 aliphatic carbocycles. The van der Waals surface area contributed by atoms with Gasteiger partial charge in [-0.3, -0.25) is 9.89 Å². The molecule has 3 heterocycles. The number of pyridine rings is 1. The van der Waals surface area contributed by atoms with Crippen molar-refractivity contribution in [3.63, 3.8) is 0 Å². The van der Waals surface area contributed by atoms with Crippen molar-refractivity contribution >= 4 is 11.6 Å². The van der Waals surface area contributed by atoms with E-state index in [4.69, 9.17) is 4.74 Å². The predicted molar refractivity (Wildman–Crippen MR) is 125 cm³/mol. The summed E-state index contributed by atoms with van der Waals surface area (Å²) in [6.45, 7) is 3.82. The molecule has 2 N–H and O–H groups in total. The van der Waals surface area contributed by atoms with Gasteiger partial charge >= 0.3 is 0 Å². The van der Waals surface area contributed by atoms with Crippen LogP contribution in [-0.4, -0.2) is 60.6 Å². The van der Waals surface area contributed by atoms with E-state index in [-0.39, 0.29) is 6.04 Å². The third kappa shape index (κ3) is 5.35. The molecule has 4 rings (SSSR count). The van der Waals surface area contributed by atoms with Crippen molar-refractivity contribution in [2.75, 3.05) is 40.3 Å². The number of aromatic nitrogens is 2. The van der Waals surface area contributed by atoms with Crippen LogP contribution in [0.3, 0.4) is 0 Å². The minimum atomic E-state index is 0.287. The summed E-state index contributed by atoms with van der Waals surface area (Å²) in [5.41, 5.74) is 3.32. The number of likely N-dealkylation sites (tertiary alicyclic amines) is 1. The van der Waals surface area contributed by atoms with E-state index >= 15 is 0 Å². The molecule has 0 saturated carbocycles. The Bertz CT molecular complexity index is 975. The van der Waals surface area contributed by atoms with Crippen LogP contribution in [0.1, 0.15) is 30.1 Å². The van der Waals surface area contributed by atoms with Gasteiger partial charge in [0, 0.05) is 39.0 Å². The minimum absolute atomic E-state index is 0.287. The second kappa shape index (κ2) is 10.3. The third-order valence-corrected chi connectivity index (χ3v) is 5.83. The quantitative estimate of drug-likeness (QED) is 0.433. The Kier molecular flexibility index (Phi) is 7.04. The number of imidazole rings is 1. The predicted octanol–water partition coefficient (Wildman–Crippen LogP) is 2.89. The maximum Gasteiger partial charge on any atom is 0.191 e. The number of guanidine groups is 1. The summed E-state index contributed by atoms with van der Waals surface area (Å²) < 4.78 is 7.50. The number of hydrogen-bond acceptors (Lipinski definition) is 4. The lowest BCUT2D eigenvalue weighted by Gasteiger charge is -2.29. The number of aliphatic imine (C=N–C) groups is 1. The summed E-state index contributed by atoms with van der Waals surface area (Å²) in [5, 5.41) is 6.95. The van der Waals surface area contributed by atoms with E-state index in [0.717, 1.165) is 55.7 Å². The van der Waals surface area contributed by atoms with Gasteiger partial charge in [-0.05, 0) is 55.8 Å². The Morgan fingerprint density at radius 1 is 1.16 bits per heavy atom.